The average molecular weight is 357 g/mol. The summed E-state index contributed by atoms with van der Waals surface area (Å²) in [6.07, 6.45) is 8.04. The van der Waals surface area contributed by atoms with E-state index in [9.17, 15) is 9.59 Å². The number of H-pyrrole nitrogens is 1. The quantitative estimate of drug-likeness (QED) is 0.306. The van der Waals surface area contributed by atoms with Gasteiger partial charge in [0.05, 0.1) is 6.61 Å². The summed E-state index contributed by atoms with van der Waals surface area (Å²) < 4.78 is 4.99. The van der Waals surface area contributed by atoms with Crippen LogP contribution in [0.15, 0.2) is 24.3 Å². The highest BCUT2D eigenvalue weighted by Crippen LogP contribution is 2.26. The number of carbonyl (C=O) groups is 2. The van der Waals surface area contributed by atoms with Gasteiger partial charge in [-0.1, -0.05) is 50.8 Å². The lowest BCUT2D eigenvalue weighted by Gasteiger charge is -2.05. The van der Waals surface area contributed by atoms with Crippen LogP contribution in [-0.2, 0) is 16.0 Å². The molecule has 0 spiro atoms. The number of unbranched alkanes of at least 4 members (excludes halogenated alkanes) is 4. The monoisotopic (exact) mass is 357 g/mol. The Labute approximate surface area is 156 Å². The van der Waals surface area contributed by atoms with Crippen LogP contribution in [0.25, 0.3) is 10.9 Å². The molecule has 0 aliphatic heterocycles. The molecule has 0 radical (unpaired) electrons. The molecule has 4 heteroatoms. The molecule has 1 aromatic heterocycles. The largest absolute Gasteiger partial charge is 0.466 e. The first-order valence-corrected chi connectivity index (χ1v) is 9.95. The number of ketones is 1. The number of benzene rings is 1. The summed E-state index contributed by atoms with van der Waals surface area (Å²) in [4.78, 5) is 27.8. The zero-order chi connectivity index (χ0) is 18.8. The fourth-order valence-corrected chi connectivity index (χ4v) is 3.36. The van der Waals surface area contributed by atoms with Crippen LogP contribution in [0.3, 0.4) is 0 Å². The van der Waals surface area contributed by atoms with Crippen molar-refractivity contribution in [3.8, 4) is 0 Å². The molecule has 0 bridgehead atoms. The van der Waals surface area contributed by atoms with E-state index in [2.05, 4.69) is 11.9 Å². The van der Waals surface area contributed by atoms with Crippen molar-refractivity contribution in [1.82, 2.24) is 4.98 Å². The Morgan fingerprint density at radius 3 is 2.50 bits per heavy atom. The Morgan fingerprint density at radius 1 is 0.962 bits per heavy atom. The van der Waals surface area contributed by atoms with E-state index < -0.39 is 0 Å². The van der Waals surface area contributed by atoms with Gasteiger partial charge in [-0.15, -0.1) is 0 Å². The summed E-state index contributed by atoms with van der Waals surface area (Å²) >= 11 is 0. The smallest absolute Gasteiger partial charge is 0.305 e. The summed E-state index contributed by atoms with van der Waals surface area (Å²) in [5.74, 6) is 0.0393. The van der Waals surface area contributed by atoms with Gasteiger partial charge in [0.1, 0.15) is 0 Å². The SMILES string of the molecule is CCCCCCCC(=O)c1c(CCCC(=O)OCC)[nH]c2ccccc12. The van der Waals surface area contributed by atoms with E-state index in [0.717, 1.165) is 35.0 Å². The van der Waals surface area contributed by atoms with E-state index in [1.165, 1.54) is 19.3 Å². The first kappa shape index (κ1) is 20.2. The molecule has 1 N–H and O–H groups in total. The highest BCUT2D eigenvalue weighted by molar-refractivity contribution is 6.09. The Kier molecular flexibility index (Phi) is 8.39. The third-order valence-electron chi connectivity index (χ3n) is 4.68. The van der Waals surface area contributed by atoms with Crippen LogP contribution in [0.5, 0.6) is 0 Å². The second kappa shape index (κ2) is 10.8. The van der Waals surface area contributed by atoms with Crippen LogP contribution < -0.4 is 0 Å². The van der Waals surface area contributed by atoms with Gasteiger partial charge in [-0.25, -0.2) is 0 Å². The van der Waals surface area contributed by atoms with E-state index in [-0.39, 0.29) is 11.8 Å². The molecule has 2 rings (SSSR count). The number of nitrogens with one attached hydrogen (secondary N) is 1. The molecule has 0 aliphatic rings. The summed E-state index contributed by atoms with van der Waals surface area (Å²) in [5.41, 5.74) is 2.77. The lowest BCUT2D eigenvalue weighted by Crippen LogP contribution is -2.06. The van der Waals surface area contributed by atoms with Gasteiger partial charge in [-0.3, -0.25) is 9.59 Å². The number of hydrogen-bond acceptors (Lipinski definition) is 3. The number of hydrogen-bond donors (Lipinski definition) is 1. The number of para-hydroxylation sites is 1. The van der Waals surface area contributed by atoms with Gasteiger partial charge in [-0.2, -0.15) is 0 Å². The van der Waals surface area contributed by atoms with E-state index in [0.29, 0.717) is 32.3 Å². The predicted molar refractivity (Wildman–Crippen MR) is 106 cm³/mol. The van der Waals surface area contributed by atoms with Crippen molar-refractivity contribution < 1.29 is 14.3 Å². The van der Waals surface area contributed by atoms with E-state index in [1.807, 2.05) is 31.2 Å². The Morgan fingerprint density at radius 2 is 1.73 bits per heavy atom. The van der Waals surface area contributed by atoms with Crippen LogP contribution in [0.4, 0.5) is 0 Å². The first-order chi connectivity index (χ1) is 12.7. The van der Waals surface area contributed by atoms with Crippen molar-refractivity contribution in [1.29, 1.82) is 0 Å². The molecule has 2 aromatic rings. The maximum absolute atomic E-state index is 12.9. The third-order valence-corrected chi connectivity index (χ3v) is 4.68. The number of ether oxygens (including phenoxy) is 1. The molecule has 0 atom stereocenters. The Hall–Kier alpha value is -2.10. The highest BCUT2D eigenvalue weighted by Gasteiger charge is 2.18. The standard InChI is InChI=1S/C22H31NO3/c1-3-5-6-7-8-15-20(24)22-17-12-9-10-13-18(17)23-19(22)14-11-16-21(25)26-4-2/h9-10,12-13,23H,3-8,11,14-16H2,1-2H3. The van der Waals surface area contributed by atoms with Crippen molar-refractivity contribution in [2.45, 2.75) is 71.6 Å². The molecule has 0 fully saturated rings. The zero-order valence-corrected chi connectivity index (χ0v) is 16.1. The molecule has 1 heterocycles. The normalized spacial score (nSPS) is 11.0. The second-order valence-corrected chi connectivity index (χ2v) is 6.77. The predicted octanol–water partition coefficient (Wildman–Crippen LogP) is 5.60. The molecular weight excluding hydrogens is 326 g/mol. The van der Waals surface area contributed by atoms with Crippen LogP contribution in [0, 0.1) is 0 Å². The number of Topliss-reactive ketones (excluding diaryl/α,β-unsaturated/α-hetero) is 1. The second-order valence-electron chi connectivity index (χ2n) is 6.77. The molecule has 0 saturated heterocycles. The molecule has 26 heavy (non-hydrogen) atoms. The fraction of sp³-hybridized carbons (Fsp3) is 0.545. The van der Waals surface area contributed by atoms with Crippen molar-refractivity contribution >= 4 is 22.7 Å². The van der Waals surface area contributed by atoms with Gasteiger partial charge in [0.15, 0.2) is 5.78 Å². The van der Waals surface area contributed by atoms with Gasteiger partial charge < -0.3 is 9.72 Å². The molecular formula is C22H31NO3. The number of rotatable bonds is 12. The minimum atomic E-state index is -0.174. The molecule has 1 aromatic carbocycles. The number of aromatic amines is 1. The van der Waals surface area contributed by atoms with Crippen molar-refractivity contribution in [2.24, 2.45) is 0 Å². The maximum atomic E-state index is 12.9. The van der Waals surface area contributed by atoms with Crippen LogP contribution >= 0.6 is 0 Å². The fourth-order valence-electron chi connectivity index (χ4n) is 3.36. The minimum absolute atomic E-state index is 0.174. The first-order valence-electron chi connectivity index (χ1n) is 9.95. The number of fused-ring (bicyclic) bond motifs is 1. The Balaban J connectivity index is 2.05. The minimum Gasteiger partial charge on any atom is -0.466 e. The third kappa shape index (κ3) is 5.72. The van der Waals surface area contributed by atoms with Gasteiger partial charge in [-0.05, 0) is 32.3 Å². The lowest BCUT2D eigenvalue weighted by atomic mass is 9.99. The van der Waals surface area contributed by atoms with E-state index in [4.69, 9.17) is 4.74 Å². The summed E-state index contributed by atoms with van der Waals surface area (Å²) in [7, 11) is 0. The Bertz CT molecular complexity index is 717. The molecule has 142 valence electrons. The van der Waals surface area contributed by atoms with Crippen LogP contribution in [-0.4, -0.2) is 23.3 Å². The summed E-state index contributed by atoms with van der Waals surface area (Å²) in [5, 5.41) is 0.997. The number of aromatic nitrogens is 1. The molecule has 0 unspecified atom stereocenters. The van der Waals surface area contributed by atoms with Gasteiger partial charge in [0.25, 0.3) is 0 Å². The summed E-state index contributed by atoms with van der Waals surface area (Å²) in [6, 6.07) is 7.95. The van der Waals surface area contributed by atoms with Gasteiger partial charge >= 0.3 is 5.97 Å². The highest BCUT2D eigenvalue weighted by atomic mass is 16.5. The lowest BCUT2D eigenvalue weighted by molar-refractivity contribution is -0.143. The van der Waals surface area contributed by atoms with Gasteiger partial charge in [0.2, 0.25) is 0 Å². The molecule has 4 nitrogen and oxygen atoms in total. The number of aryl methyl sites for hydroxylation is 1. The zero-order valence-electron chi connectivity index (χ0n) is 16.1. The van der Waals surface area contributed by atoms with E-state index in [1.54, 1.807) is 0 Å². The summed E-state index contributed by atoms with van der Waals surface area (Å²) in [6.45, 7) is 4.42. The number of esters is 1. The molecule has 0 amide bonds. The van der Waals surface area contributed by atoms with Crippen LogP contribution in [0.1, 0.15) is 81.3 Å². The maximum Gasteiger partial charge on any atom is 0.305 e. The average Bonchev–Trinajstić information content (AvgIpc) is 3.00. The molecule has 0 saturated carbocycles. The van der Waals surface area contributed by atoms with Crippen molar-refractivity contribution in [3.63, 3.8) is 0 Å². The molecule has 0 aliphatic carbocycles. The van der Waals surface area contributed by atoms with Crippen molar-refractivity contribution in [2.75, 3.05) is 6.61 Å². The van der Waals surface area contributed by atoms with E-state index >= 15 is 0 Å². The van der Waals surface area contributed by atoms with Crippen LogP contribution in [0.2, 0.25) is 0 Å². The topological polar surface area (TPSA) is 59.2 Å². The number of carbonyl (C=O) groups excluding carboxylic acids is 2. The van der Waals surface area contributed by atoms with Gasteiger partial charge in [0, 0.05) is 35.0 Å². The van der Waals surface area contributed by atoms with Crippen molar-refractivity contribution in [3.05, 3.63) is 35.5 Å².